The van der Waals surface area contributed by atoms with Crippen LogP contribution in [-0.4, -0.2) is 47.1 Å². The quantitative estimate of drug-likeness (QED) is 0.528. The number of nitriles is 1. The largest absolute Gasteiger partial charge is 0.465 e. The minimum Gasteiger partial charge on any atom is -0.465 e. The van der Waals surface area contributed by atoms with E-state index in [9.17, 15) is 28.0 Å². The van der Waals surface area contributed by atoms with Gasteiger partial charge in [-0.05, 0) is 57.4 Å². The summed E-state index contributed by atoms with van der Waals surface area (Å²) in [4.78, 5) is 26.2. The molecule has 0 radical (unpaired) electrons. The van der Waals surface area contributed by atoms with E-state index in [0.717, 1.165) is 12.1 Å². The van der Waals surface area contributed by atoms with Gasteiger partial charge in [-0.3, -0.25) is 9.59 Å². The number of rotatable bonds is 10. The highest BCUT2D eigenvalue weighted by Gasteiger charge is 2.39. The van der Waals surface area contributed by atoms with Gasteiger partial charge in [-0.25, -0.2) is 0 Å². The van der Waals surface area contributed by atoms with Crippen molar-refractivity contribution < 1.29 is 27.5 Å². The number of hydrogen-bond donors (Lipinski definition) is 1. The van der Waals surface area contributed by atoms with Crippen molar-refractivity contribution in [2.75, 3.05) is 25.0 Å². The van der Waals surface area contributed by atoms with E-state index in [1.165, 1.54) is 23.9 Å². The van der Waals surface area contributed by atoms with Crippen LogP contribution >= 0.6 is 11.8 Å². The second-order valence-corrected chi connectivity index (χ2v) is 8.39. The van der Waals surface area contributed by atoms with Gasteiger partial charge in [0, 0.05) is 18.8 Å². The molecule has 1 aromatic rings. The Labute approximate surface area is 184 Å². The molecule has 6 nitrogen and oxygen atoms in total. The highest BCUT2D eigenvalue weighted by atomic mass is 32.2. The lowest BCUT2D eigenvalue weighted by atomic mass is 10.0. The lowest BCUT2D eigenvalue weighted by molar-refractivity contribution is -0.146. The van der Waals surface area contributed by atoms with Gasteiger partial charge in [0.1, 0.15) is 5.92 Å². The van der Waals surface area contributed by atoms with Crippen molar-refractivity contribution in [1.82, 2.24) is 4.90 Å². The summed E-state index contributed by atoms with van der Waals surface area (Å²) in [6.07, 6.45) is -3.05. The molecule has 0 spiro atoms. The molecular formula is C21H26F3N3O3S. The second-order valence-electron chi connectivity index (χ2n) is 7.01. The molecule has 10 heteroatoms. The van der Waals surface area contributed by atoms with Crippen molar-refractivity contribution in [3.63, 3.8) is 0 Å². The normalized spacial score (nSPS) is 19.7. The number of ether oxygens (including phenoxy) is 1. The van der Waals surface area contributed by atoms with Crippen molar-refractivity contribution >= 4 is 29.3 Å². The molecule has 1 fully saturated rings. The van der Waals surface area contributed by atoms with Crippen LogP contribution in [0.3, 0.4) is 0 Å². The van der Waals surface area contributed by atoms with E-state index in [1.54, 1.807) is 11.8 Å². The number of hydrogen-bond acceptors (Lipinski definition) is 6. The molecule has 1 heterocycles. The van der Waals surface area contributed by atoms with Crippen LogP contribution < -0.4 is 5.32 Å². The number of amides is 1. The summed E-state index contributed by atoms with van der Waals surface area (Å²) in [5.74, 6) is -1.40. The van der Waals surface area contributed by atoms with E-state index in [2.05, 4.69) is 5.32 Å². The fraction of sp³-hybridized carbons (Fsp3) is 0.571. The fourth-order valence-corrected chi connectivity index (χ4v) is 4.89. The van der Waals surface area contributed by atoms with Crippen molar-refractivity contribution in [2.24, 2.45) is 5.92 Å². The Morgan fingerprint density at radius 1 is 1.29 bits per heavy atom. The topological polar surface area (TPSA) is 82.4 Å². The number of nitrogens with zero attached hydrogens (tertiary/aromatic N) is 2. The number of esters is 1. The van der Waals surface area contributed by atoms with Crippen molar-refractivity contribution in [3.8, 4) is 6.07 Å². The van der Waals surface area contributed by atoms with Crippen molar-refractivity contribution in [1.29, 1.82) is 5.26 Å². The smallest absolute Gasteiger partial charge is 0.416 e. The van der Waals surface area contributed by atoms with Gasteiger partial charge in [0.05, 0.1) is 28.9 Å². The predicted octanol–water partition coefficient (Wildman–Crippen LogP) is 4.28. The summed E-state index contributed by atoms with van der Waals surface area (Å²) in [6, 6.07) is 6.73. The van der Waals surface area contributed by atoms with E-state index >= 15 is 0 Å². The summed E-state index contributed by atoms with van der Waals surface area (Å²) in [6.45, 7) is 4.72. The molecule has 0 aromatic heterocycles. The van der Waals surface area contributed by atoms with Gasteiger partial charge < -0.3 is 15.0 Å². The van der Waals surface area contributed by atoms with Gasteiger partial charge in [-0.2, -0.15) is 18.4 Å². The molecule has 1 N–H and O–H groups in total. The first kappa shape index (κ1) is 24.9. The lowest BCUT2D eigenvalue weighted by Gasteiger charge is -2.22. The van der Waals surface area contributed by atoms with Gasteiger partial charge in [-0.15, -0.1) is 11.8 Å². The molecular weight excluding hydrogens is 431 g/mol. The molecule has 31 heavy (non-hydrogen) atoms. The number of alkyl halides is 3. The summed E-state index contributed by atoms with van der Waals surface area (Å²) in [5, 5.41) is 11.8. The van der Waals surface area contributed by atoms with Crippen molar-refractivity contribution in [2.45, 2.75) is 49.9 Å². The standard InChI is InChI=1S/C21H26F3N3O3S/c1-3-27-18(10-5-14(13-25)20(29)30-4-2)31-17(19(27)28)11-12-26-16-8-6-15(7-9-16)21(22,23)24/h6-9,14,17-18,26H,3-5,10-12H2,1-2H3/t14?,17?,18-/m0/s1. The number of carbonyl (C=O) groups is 2. The molecule has 1 amide bonds. The Hall–Kier alpha value is -2.41. The van der Waals surface area contributed by atoms with E-state index in [1.807, 2.05) is 13.0 Å². The summed E-state index contributed by atoms with van der Waals surface area (Å²) >= 11 is 1.50. The first-order valence-electron chi connectivity index (χ1n) is 10.1. The van der Waals surface area contributed by atoms with Gasteiger partial charge >= 0.3 is 12.1 Å². The average molecular weight is 458 g/mol. The molecule has 170 valence electrons. The van der Waals surface area contributed by atoms with Gasteiger partial charge in [0.25, 0.3) is 0 Å². The van der Waals surface area contributed by atoms with Crippen LogP contribution in [0, 0.1) is 17.2 Å². The molecule has 0 bridgehead atoms. The van der Waals surface area contributed by atoms with Crippen LogP contribution in [0.2, 0.25) is 0 Å². The third kappa shape index (κ3) is 6.79. The lowest BCUT2D eigenvalue weighted by Crippen LogP contribution is -2.35. The fourth-order valence-electron chi connectivity index (χ4n) is 3.33. The van der Waals surface area contributed by atoms with E-state index in [-0.39, 0.29) is 23.1 Å². The molecule has 3 atom stereocenters. The monoisotopic (exact) mass is 457 g/mol. The van der Waals surface area contributed by atoms with Crippen LogP contribution in [0.1, 0.15) is 38.7 Å². The van der Waals surface area contributed by atoms with Crippen molar-refractivity contribution in [3.05, 3.63) is 29.8 Å². The Morgan fingerprint density at radius 2 is 1.97 bits per heavy atom. The maximum Gasteiger partial charge on any atom is 0.416 e. The predicted molar refractivity (Wildman–Crippen MR) is 112 cm³/mol. The number of thioether (sulfide) groups is 1. The van der Waals surface area contributed by atoms with E-state index in [0.29, 0.717) is 38.0 Å². The third-order valence-electron chi connectivity index (χ3n) is 4.95. The van der Waals surface area contributed by atoms with Gasteiger partial charge in [0.2, 0.25) is 5.91 Å². The third-order valence-corrected chi connectivity index (χ3v) is 6.52. The maximum absolute atomic E-state index is 12.7. The molecule has 1 aliphatic rings. The highest BCUT2D eigenvalue weighted by molar-refractivity contribution is 8.01. The van der Waals surface area contributed by atoms with Crippen LogP contribution in [0.5, 0.6) is 0 Å². The zero-order valence-corrected chi connectivity index (χ0v) is 18.3. The van der Waals surface area contributed by atoms with Crippen LogP contribution in [-0.2, 0) is 20.5 Å². The second kappa shape index (κ2) is 11.3. The molecule has 1 aliphatic heterocycles. The zero-order valence-electron chi connectivity index (χ0n) is 17.4. The Balaban J connectivity index is 1.87. The number of halogens is 3. The van der Waals surface area contributed by atoms with Crippen LogP contribution in [0.25, 0.3) is 0 Å². The number of anilines is 1. The minimum atomic E-state index is -4.37. The van der Waals surface area contributed by atoms with Gasteiger partial charge in [-0.1, -0.05) is 0 Å². The first-order chi connectivity index (χ1) is 14.7. The number of carbonyl (C=O) groups excluding carboxylic acids is 2. The maximum atomic E-state index is 12.7. The molecule has 0 aliphatic carbocycles. The van der Waals surface area contributed by atoms with Crippen LogP contribution in [0.15, 0.2) is 24.3 Å². The van der Waals surface area contributed by atoms with Gasteiger partial charge in [0.15, 0.2) is 0 Å². The summed E-state index contributed by atoms with van der Waals surface area (Å²) in [7, 11) is 0. The number of nitrogens with one attached hydrogen (secondary N) is 1. The SMILES string of the molecule is CCOC(=O)C(C#N)CC[C@@H]1SC(CCNc2ccc(C(F)(F)F)cc2)C(=O)N1CC. The molecule has 0 saturated carbocycles. The van der Waals surface area contributed by atoms with Crippen LogP contribution in [0.4, 0.5) is 18.9 Å². The molecule has 1 saturated heterocycles. The average Bonchev–Trinajstić information content (AvgIpc) is 3.03. The summed E-state index contributed by atoms with van der Waals surface area (Å²) in [5.41, 5.74) is -0.155. The highest BCUT2D eigenvalue weighted by Crippen LogP contribution is 2.36. The Bertz CT molecular complexity index is 796. The zero-order chi connectivity index (χ0) is 23.0. The number of benzene rings is 1. The first-order valence-corrected chi connectivity index (χ1v) is 11.1. The van der Waals surface area contributed by atoms with E-state index < -0.39 is 23.6 Å². The Morgan fingerprint density at radius 3 is 2.52 bits per heavy atom. The molecule has 2 rings (SSSR count). The van der Waals surface area contributed by atoms with E-state index in [4.69, 9.17) is 4.74 Å². The molecule has 2 unspecified atom stereocenters. The minimum absolute atomic E-state index is 0.00337. The summed E-state index contributed by atoms with van der Waals surface area (Å²) < 4.78 is 42.8. The molecule has 1 aromatic carbocycles. The Kier molecular flexibility index (Phi) is 9.04.